The summed E-state index contributed by atoms with van der Waals surface area (Å²) in [7, 11) is 3.00. The number of hydrogen-bond donors (Lipinski definition) is 0. The van der Waals surface area contributed by atoms with Crippen LogP contribution in [-0.4, -0.2) is 31.2 Å². The summed E-state index contributed by atoms with van der Waals surface area (Å²) in [6.07, 6.45) is -2.15. The van der Waals surface area contributed by atoms with Crippen molar-refractivity contribution in [1.29, 1.82) is 0 Å². The van der Waals surface area contributed by atoms with Gasteiger partial charge < -0.3 is 15.0 Å². The number of aromatic nitrogens is 1. The second kappa shape index (κ2) is 15.2. The molecule has 0 saturated heterocycles. The molecule has 0 N–H and O–H groups in total. The number of amidine groups is 1. The SMILES string of the molecule is C=Cc1cc(C(F)(F)F)cc(/C=N/OCc2c(C)cccc2/C(=N\OC)[N-]C)n1.CC.[K+]. The van der Waals surface area contributed by atoms with Crippen LogP contribution in [0.4, 0.5) is 13.2 Å². The summed E-state index contributed by atoms with van der Waals surface area (Å²) in [6, 6.07) is 7.34. The molecule has 1 aromatic carbocycles. The molecule has 168 valence electrons. The predicted octanol–water partition coefficient (Wildman–Crippen LogP) is 2.94. The van der Waals surface area contributed by atoms with Crippen LogP contribution in [0.1, 0.15) is 47.5 Å². The minimum Gasteiger partial charge on any atom is -0.497 e. The van der Waals surface area contributed by atoms with Gasteiger partial charge in [0.05, 0.1) is 30.3 Å². The van der Waals surface area contributed by atoms with E-state index in [-0.39, 0.29) is 69.4 Å². The first-order valence-electron chi connectivity index (χ1n) is 9.47. The van der Waals surface area contributed by atoms with Gasteiger partial charge in [0.1, 0.15) is 6.61 Å². The molecule has 0 radical (unpaired) electrons. The van der Waals surface area contributed by atoms with E-state index in [1.54, 1.807) is 7.05 Å². The fraction of sp³-hybridized carbons (Fsp3) is 0.318. The molecule has 10 heteroatoms. The molecule has 2 aromatic rings. The predicted molar refractivity (Wildman–Crippen MR) is 117 cm³/mol. The number of hydrogen-bond acceptors (Lipinski definition) is 5. The molecule has 0 aliphatic heterocycles. The fourth-order valence-electron chi connectivity index (χ4n) is 2.50. The normalized spacial score (nSPS) is 11.2. The van der Waals surface area contributed by atoms with Gasteiger partial charge in [0.25, 0.3) is 0 Å². The molecular weight excluding hydrogens is 448 g/mol. The van der Waals surface area contributed by atoms with Crippen molar-refractivity contribution < 1.29 is 74.2 Å². The molecule has 1 aromatic heterocycles. The molecule has 0 aliphatic carbocycles. The maximum Gasteiger partial charge on any atom is 1.00 e. The van der Waals surface area contributed by atoms with Crippen LogP contribution in [0.25, 0.3) is 11.4 Å². The summed E-state index contributed by atoms with van der Waals surface area (Å²) in [5.41, 5.74) is 1.65. The zero-order valence-electron chi connectivity index (χ0n) is 19.2. The summed E-state index contributed by atoms with van der Waals surface area (Å²) in [5.74, 6) is 0.383. The first-order chi connectivity index (χ1) is 14.8. The van der Waals surface area contributed by atoms with Gasteiger partial charge in [0.15, 0.2) is 0 Å². The van der Waals surface area contributed by atoms with Gasteiger partial charge in [-0.1, -0.05) is 50.8 Å². The molecular formula is C22H26F3KN4O2. The third kappa shape index (κ3) is 9.03. The third-order valence-corrected chi connectivity index (χ3v) is 3.91. The summed E-state index contributed by atoms with van der Waals surface area (Å²) < 4.78 is 39.0. The molecule has 0 fully saturated rings. The first-order valence-corrected chi connectivity index (χ1v) is 9.47. The van der Waals surface area contributed by atoms with Gasteiger partial charge in [-0.05, 0) is 42.1 Å². The van der Waals surface area contributed by atoms with Gasteiger partial charge in [-0.25, -0.2) is 4.98 Å². The summed E-state index contributed by atoms with van der Waals surface area (Å²) in [6.45, 7) is 9.40. The van der Waals surface area contributed by atoms with Crippen LogP contribution in [0, 0.1) is 6.92 Å². The molecule has 0 amide bonds. The smallest absolute Gasteiger partial charge is 0.497 e. The minimum atomic E-state index is -4.50. The Bertz CT molecular complexity index is 932. The van der Waals surface area contributed by atoms with Gasteiger partial charge in [0.2, 0.25) is 0 Å². The van der Waals surface area contributed by atoms with Crippen LogP contribution in [0.2, 0.25) is 0 Å². The van der Waals surface area contributed by atoms with Crippen LogP contribution in [0.15, 0.2) is 47.2 Å². The molecule has 2 rings (SSSR count). The Labute approximate surface area is 229 Å². The summed E-state index contributed by atoms with van der Waals surface area (Å²) in [5, 5.41) is 11.7. The Morgan fingerprint density at radius 2 is 1.88 bits per heavy atom. The van der Waals surface area contributed by atoms with Crippen molar-refractivity contribution in [3.8, 4) is 0 Å². The Hall–Kier alpha value is -1.72. The van der Waals surface area contributed by atoms with Gasteiger partial charge in [-0.2, -0.15) is 13.2 Å². The van der Waals surface area contributed by atoms with E-state index in [9.17, 15) is 13.2 Å². The average molecular weight is 475 g/mol. The van der Waals surface area contributed by atoms with Gasteiger partial charge in [-0.15, -0.1) is 0 Å². The topological polar surface area (TPSA) is 70.2 Å². The monoisotopic (exact) mass is 474 g/mol. The molecule has 0 atom stereocenters. The maximum atomic E-state index is 13.0. The number of nitrogens with zero attached hydrogens (tertiary/aromatic N) is 4. The van der Waals surface area contributed by atoms with E-state index in [0.29, 0.717) is 11.4 Å². The van der Waals surface area contributed by atoms with Crippen LogP contribution >= 0.6 is 0 Å². The summed E-state index contributed by atoms with van der Waals surface area (Å²) in [4.78, 5) is 14.1. The average Bonchev–Trinajstić information content (AvgIpc) is 2.76. The first kappa shape index (κ1) is 30.3. The zero-order valence-corrected chi connectivity index (χ0v) is 22.3. The van der Waals surface area contributed by atoms with E-state index in [1.165, 1.54) is 13.2 Å². The third-order valence-electron chi connectivity index (χ3n) is 3.91. The Kier molecular flexibility index (Phi) is 14.4. The van der Waals surface area contributed by atoms with E-state index in [1.807, 2.05) is 39.0 Å². The largest absolute Gasteiger partial charge is 1.00 e. The number of alkyl halides is 3. The number of halogens is 3. The molecule has 0 aliphatic rings. The number of pyridine rings is 1. The quantitative estimate of drug-likeness (QED) is 0.268. The number of oxime groups is 2. The van der Waals surface area contributed by atoms with Gasteiger partial charge in [-0.3, -0.25) is 5.16 Å². The van der Waals surface area contributed by atoms with Crippen LogP contribution in [0.5, 0.6) is 0 Å². The Morgan fingerprint density at radius 3 is 2.44 bits per heavy atom. The number of rotatable bonds is 7. The van der Waals surface area contributed by atoms with E-state index in [2.05, 4.69) is 27.2 Å². The van der Waals surface area contributed by atoms with Gasteiger partial charge >= 0.3 is 57.6 Å². The molecule has 1 heterocycles. The molecule has 6 nitrogen and oxygen atoms in total. The van der Waals surface area contributed by atoms with Crippen molar-refractivity contribution in [3.63, 3.8) is 0 Å². The Morgan fingerprint density at radius 1 is 1.22 bits per heavy atom. The van der Waals surface area contributed by atoms with Crippen LogP contribution < -0.4 is 51.4 Å². The molecule has 32 heavy (non-hydrogen) atoms. The van der Waals surface area contributed by atoms with Crippen molar-refractivity contribution in [3.05, 3.63) is 75.9 Å². The molecule has 0 saturated carbocycles. The molecule has 0 bridgehead atoms. The second-order valence-corrected chi connectivity index (χ2v) is 5.84. The minimum absolute atomic E-state index is 0. The van der Waals surface area contributed by atoms with E-state index in [4.69, 9.17) is 9.68 Å². The van der Waals surface area contributed by atoms with Crippen molar-refractivity contribution in [2.45, 2.75) is 33.6 Å². The second-order valence-electron chi connectivity index (χ2n) is 5.84. The van der Waals surface area contributed by atoms with Crippen molar-refractivity contribution in [2.24, 2.45) is 10.3 Å². The van der Waals surface area contributed by atoms with E-state index in [0.717, 1.165) is 29.5 Å². The standard InChI is InChI=1S/C20H20F3N4O2.C2H6.K/c1-5-15-9-14(20(21,22)23)10-16(26-15)11-25-29-12-18-13(2)7-6-8-17(18)19(24-3)27-28-4;1-2;/h5-11H,1,12H2,2-4H3;1-2H3;/q-1;;+1/b25-11+;;. The number of aryl methyl sites for hydroxylation is 1. The van der Waals surface area contributed by atoms with Crippen molar-refractivity contribution in [2.75, 3.05) is 14.2 Å². The van der Waals surface area contributed by atoms with Crippen molar-refractivity contribution in [1.82, 2.24) is 4.98 Å². The van der Waals surface area contributed by atoms with E-state index < -0.39 is 11.7 Å². The zero-order chi connectivity index (χ0) is 23.4. The van der Waals surface area contributed by atoms with Gasteiger partial charge in [0, 0.05) is 5.56 Å². The Balaban J connectivity index is 0.00000311. The summed E-state index contributed by atoms with van der Waals surface area (Å²) >= 11 is 0. The molecule has 0 spiro atoms. The van der Waals surface area contributed by atoms with Crippen LogP contribution in [-0.2, 0) is 22.5 Å². The van der Waals surface area contributed by atoms with Crippen molar-refractivity contribution >= 4 is 18.1 Å². The maximum absolute atomic E-state index is 13.0. The fourth-order valence-corrected chi connectivity index (χ4v) is 2.50. The molecule has 0 unspecified atom stereocenters. The number of benzene rings is 1. The van der Waals surface area contributed by atoms with Crippen LogP contribution in [0.3, 0.4) is 0 Å². The van der Waals surface area contributed by atoms with E-state index >= 15 is 0 Å².